The van der Waals surface area contributed by atoms with E-state index < -0.39 is 0 Å². The largest absolute Gasteiger partial charge is 0.367 e. The molecule has 0 atom stereocenters. The number of halogens is 1. The van der Waals surface area contributed by atoms with Crippen molar-refractivity contribution in [3.8, 4) is 12.1 Å². The zero-order chi connectivity index (χ0) is 16.5. The maximum atomic E-state index is 8.60. The third-order valence-corrected chi connectivity index (χ3v) is 3.93. The fourth-order valence-electron chi connectivity index (χ4n) is 2.27. The molecule has 1 fully saturated rings. The molecule has 1 saturated carbocycles. The van der Waals surface area contributed by atoms with E-state index in [1.165, 1.54) is 31.9 Å². The standard InChI is InChI=1S/C11H13N3.C6H3BrN2/c12-7-9-5-6-11(13-8-9)14-10-3-1-2-4-10;7-6-2-1-5(3-8)4-9-6/h5-6,8,10H,1-4H2,(H,13,14);1-2,4H. The predicted octanol–water partition coefficient (Wildman–Crippen LogP) is 4.02. The molecule has 23 heavy (non-hydrogen) atoms. The van der Waals surface area contributed by atoms with Crippen molar-refractivity contribution >= 4 is 21.7 Å². The van der Waals surface area contributed by atoms with Crippen molar-refractivity contribution in [2.24, 2.45) is 0 Å². The topological polar surface area (TPSA) is 85.4 Å². The second kappa shape index (κ2) is 8.87. The second-order valence-electron chi connectivity index (χ2n) is 5.15. The molecular weight excluding hydrogens is 354 g/mol. The van der Waals surface area contributed by atoms with Crippen molar-refractivity contribution in [2.75, 3.05) is 5.32 Å². The molecule has 5 nitrogen and oxygen atoms in total. The zero-order valence-corrected chi connectivity index (χ0v) is 14.1. The average Bonchev–Trinajstić information content (AvgIpc) is 3.10. The molecule has 1 aliphatic carbocycles. The van der Waals surface area contributed by atoms with Gasteiger partial charge in [0, 0.05) is 18.4 Å². The number of nitrogens with one attached hydrogen (secondary N) is 1. The number of pyridine rings is 2. The van der Waals surface area contributed by atoms with Crippen LogP contribution in [0.15, 0.2) is 41.3 Å². The van der Waals surface area contributed by atoms with Gasteiger partial charge < -0.3 is 5.32 Å². The Morgan fingerprint density at radius 1 is 0.957 bits per heavy atom. The Bertz CT molecular complexity index is 692. The van der Waals surface area contributed by atoms with Gasteiger partial charge in [-0.25, -0.2) is 9.97 Å². The molecule has 2 aromatic heterocycles. The number of nitrogens with zero attached hydrogens (tertiary/aromatic N) is 4. The molecule has 0 aliphatic heterocycles. The highest BCUT2D eigenvalue weighted by molar-refractivity contribution is 9.10. The summed E-state index contributed by atoms with van der Waals surface area (Å²) in [6.07, 6.45) is 8.23. The number of nitriles is 2. The van der Waals surface area contributed by atoms with E-state index in [9.17, 15) is 0 Å². The molecule has 0 radical (unpaired) electrons. The summed E-state index contributed by atoms with van der Waals surface area (Å²) in [5, 5.41) is 20.3. The lowest BCUT2D eigenvalue weighted by atomic mass is 10.2. The van der Waals surface area contributed by atoms with E-state index in [0.29, 0.717) is 17.2 Å². The zero-order valence-electron chi connectivity index (χ0n) is 12.5. The van der Waals surface area contributed by atoms with E-state index in [2.05, 4.69) is 37.3 Å². The monoisotopic (exact) mass is 369 g/mol. The molecule has 0 spiro atoms. The van der Waals surface area contributed by atoms with Crippen LogP contribution in [0.1, 0.15) is 36.8 Å². The van der Waals surface area contributed by atoms with Gasteiger partial charge >= 0.3 is 0 Å². The molecule has 1 N–H and O–H groups in total. The van der Waals surface area contributed by atoms with Crippen LogP contribution in [0.5, 0.6) is 0 Å². The minimum atomic E-state index is 0.579. The second-order valence-corrected chi connectivity index (χ2v) is 5.96. The van der Waals surface area contributed by atoms with Gasteiger partial charge in [0.25, 0.3) is 0 Å². The summed E-state index contributed by atoms with van der Waals surface area (Å²) in [4.78, 5) is 8.02. The number of aromatic nitrogens is 2. The van der Waals surface area contributed by atoms with E-state index in [0.717, 1.165) is 10.4 Å². The van der Waals surface area contributed by atoms with Crippen molar-refractivity contribution in [1.82, 2.24) is 9.97 Å². The summed E-state index contributed by atoms with van der Waals surface area (Å²) in [7, 11) is 0. The Morgan fingerprint density at radius 3 is 2.04 bits per heavy atom. The van der Waals surface area contributed by atoms with Gasteiger partial charge in [0.15, 0.2) is 0 Å². The predicted molar refractivity (Wildman–Crippen MR) is 91.5 cm³/mol. The first-order chi connectivity index (χ1) is 11.2. The minimum Gasteiger partial charge on any atom is -0.367 e. The smallest absolute Gasteiger partial charge is 0.126 e. The number of hydrogen-bond donors (Lipinski definition) is 1. The average molecular weight is 370 g/mol. The Labute approximate surface area is 144 Å². The first-order valence-electron chi connectivity index (χ1n) is 7.35. The normalized spacial score (nSPS) is 13.3. The SMILES string of the molecule is N#Cc1ccc(Br)nc1.N#Cc1ccc(NC2CCCC2)nc1. The van der Waals surface area contributed by atoms with E-state index >= 15 is 0 Å². The maximum Gasteiger partial charge on any atom is 0.126 e. The van der Waals surface area contributed by atoms with Gasteiger partial charge in [-0.15, -0.1) is 0 Å². The molecule has 2 heterocycles. The van der Waals surface area contributed by atoms with Crippen molar-refractivity contribution in [1.29, 1.82) is 10.5 Å². The summed E-state index contributed by atoms with van der Waals surface area (Å²) in [5.74, 6) is 0.885. The minimum absolute atomic E-state index is 0.579. The van der Waals surface area contributed by atoms with Crippen LogP contribution in [-0.2, 0) is 0 Å². The highest BCUT2D eigenvalue weighted by atomic mass is 79.9. The molecule has 116 valence electrons. The van der Waals surface area contributed by atoms with Crippen LogP contribution in [0.4, 0.5) is 5.82 Å². The van der Waals surface area contributed by atoms with E-state index in [4.69, 9.17) is 10.5 Å². The summed E-state index contributed by atoms with van der Waals surface area (Å²) in [6.45, 7) is 0. The third-order valence-electron chi connectivity index (χ3n) is 3.46. The van der Waals surface area contributed by atoms with E-state index in [1.54, 1.807) is 24.4 Å². The first kappa shape index (κ1) is 16.9. The lowest BCUT2D eigenvalue weighted by Gasteiger charge is -2.11. The molecular formula is C17H16BrN5. The summed E-state index contributed by atoms with van der Waals surface area (Å²) < 4.78 is 0.751. The Kier molecular flexibility index (Phi) is 6.53. The summed E-state index contributed by atoms with van der Waals surface area (Å²) >= 11 is 3.15. The fraction of sp³-hybridized carbons (Fsp3) is 0.294. The highest BCUT2D eigenvalue weighted by Crippen LogP contribution is 2.21. The lowest BCUT2D eigenvalue weighted by molar-refractivity contribution is 0.750. The van der Waals surface area contributed by atoms with Crippen LogP contribution in [0.2, 0.25) is 0 Å². The van der Waals surface area contributed by atoms with E-state index in [-0.39, 0.29) is 0 Å². The number of rotatable bonds is 2. The van der Waals surface area contributed by atoms with Crippen molar-refractivity contribution < 1.29 is 0 Å². The van der Waals surface area contributed by atoms with Crippen LogP contribution in [0, 0.1) is 22.7 Å². The Morgan fingerprint density at radius 2 is 1.57 bits per heavy atom. The van der Waals surface area contributed by atoms with Gasteiger partial charge in [-0.05, 0) is 53.0 Å². The molecule has 0 bridgehead atoms. The van der Waals surface area contributed by atoms with Gasteiger partial charge in [0.2, 0.25) is 0 Å². The van der Waals surface area contributed by atoms with Crippen molar-refractivity contribution in [3.63, 3.8) is 0 Å². The van der Waals surface area contributed by atoms with Crippen molar-refractivity contribution in [3.05, 3.63) is 52.4 Å². The fourth-order valence-corrected chi connectivity index (χ4v) is 2.50. The molecule has 6 heteroatoms. The van der Waals surface area contributed by atoms with Gasteiger partial charge in [0.05, 0.1) is 11.1 Å². The van der Waals surface area contributed by atoms with Gasteiger partial charge in [-0.3, -0.25) is 0 Å². The lowest BCUT2D eigenvalue weighted by Crippen LogP contribution is -2.15. The van der Waals surface area contributed by atoms with Gasteiger partial charge in [-0.1, -0.05) is 12.8 Å². The Hall–Kier alpha value is -2.44. The van der Waals surface area contributed by atoms with Crippen LogP contribution in [0.3, 0.4) is 0 Å². The molecule has 2 aromatic rings. The maximum absolute atomic E-state index is 8.60. The van der Waals surface area contributed by atoms with Gasteiger partial charge in [0.1, 0.15) is 22.6 Å². The molecule has 0 aromatic carbocycles. The summed E-state index contributed by atoms with van der Waals surface area (Å²) in [5.41, 5.74) is 1.19. The van der Waals surface area contributed by atoms with Crippen LogP contribution >= 0.6 is 15.9 Å². The molecule has 0 amide bonds. The van der Waals surface area contributed by atoms with Crippen LogP contribution in [0.25, 0.3) is 0 Å². The summed E-state index contributed by atoms with van der Waals surface area (Å²) in [6, 6.07) is 11.7. The molecule has 0 saturated heterocycles. The van der Waals surface area contributed by atoms with Crippen LogP contribution in [-0.4, -0.2) is 16.0 Å². The third kappa shape index (κ3) is 5.69. The van der Waals surface area contributed by atoms with Gasteiger partial charge in [-0.2, -0.15) is 10.5 Å². The number of hydrogen-bond acceptors (Lipinski definition) is 5. The van der Waals surface area contributed by atoms with Crippen LogP contribution < -0.4 is 5.32 Å². The molecule has 3 rings (SSSR count). The number of anilines is 1. The molecule has 0 unspecified atom stereocenters. The quantitative estimate of drug-likeness (QED) is 0.807. The Balaban J connectivity index is 0.000000185. The highest BCUT2D eigenvalue weighted by Gasteiger charge is 2.14. The van der Waals surface area contributed by atoms with Crippen molar-refractivity contribution in [2.45, 2.75) is 31.7 Å². The van der Waals surface area contributed by atoms with E-state index in [1.807, 2.05) is 12.1 Å². The molecule has 1 aliphatic rings. The first-order valence-corrected chi connectivity index (χ1v) is 8.15.